The third-order valence-electron chi connectivity index (χ3n) is 3.42. The first-order valence-electron chi connectivity index (χ1n) is 4.99. The van der Waals surface area contributed by atoms with E-state index in [-0.39, 0.29) is 11.4 Å². The molecule has 1 amide bonds. The van der Waals surface area contributed by atoms with Crippen molar-refractivity contribution in [1.82, 2.24) is 9.97 Å². The lowest BCUT2D eigenvalue weighted by molar-refractivity contribution is -0.120. The van der Waals surface area contributed by atoms with Gasteiger partial charge in [0.15, 0.2) is 5.82 Å². The Hall–Kier alpha value is -1.65. The van der Waals surface area contributed by atoms with Crippen LogP contribution in [0.4, 0.5) is 11.5 Å². The molecule has 0 N–H and O–H groups in total. The van der Waals surface area contributed by atoms with Gasteiger partial charge in [0.1, 0.15) is 17.6 Å². The number of carbonyl (C=O) groups excluding carboxylic acids is 1. The predicted molar refractivity (Wildman–Crippen MR) is 55.8 cm³/mol. The van der Waals surface area contributed by atoms with E-state index in [1.165, 1.54) is 6.33 Å². The van der Waals surface area contributed by atoms with Crippen molar-refractivity contribution < 1.29 is 4.79 Å². The normalized spacial score (nSPS) is 21.9. The maximum atomic E-state index is 12.1. The lowest BCUT2D eigenvalue weighted by Gasteiger charge is -2.38. The molecule has 0 unspecified atom stereocenters. The monoisotopic (exact) mass is 204 g/mol. The first-order chi connectivity index (χ1) is 7.17. The number of hydrogen-bond donors (Lipinski definition) is 0. The molecule has 1 fully saturated rings. The highest BCUT2D eigenvalue weighted by Crippen LogP contribution is 2.49. The van der Waals surface area contributed by atoms with Gasteiger partial charge in [-0.15, -0.1) is 0 Å². The highest BCUT2D eigenvalue weighted by Gasteiger charge is 2.58. The van der Waals surface area contributed by atoms with Crippen molar-refractivity contribution in [3.05, 3.63) is 12.5 Å². The molecule has 0 bridgehead atoms. The van der Waals surface area contributed by atoms with E-state index < -0.39 is 0 Å². The fraction of sp³-hybridized carbons (Fsp3) is 0.500. The highest BCUT2D eigenvalue weighted by atomic mass is 16.2. The van der Waals surface area contributed by atoms with E-state index in [1.54, 1.807) is 18.1 Å². The molecular formula is C10H12N4O. The van der Waals surface area contributed by atoms with Crippen LogP contribution >= 0.6 is 0 Å². The third-order valence-corrected chi connectivity index (χ3v) is 3.42. The second kappa shape index (κ2) is 2.48. The standard InChI is InChI=1S/C10H12N4O/c1-13-7-5-11-6-12-8(7)14(2)10(3-4-10)9(13)15/h5-6H,3-4H2,1-2H3. The predicted octanol–water partition coefficient (Wildman–Crippen LogP) is 0.422. The minimum atomic E-state index is -0.309. The minimum absolute atomic E-state index is 0.160. The number of fused-ring (bicyclic) bond motifs is 1. The molecule has 78 valence electrons. The summed E-state index contributed by atoms with van der Waals surface area (Å²) >= 11 is 0. The number of nitrogens with zero attached hydrogens (tertiary/aromatic N) is 4. The largest absolute Gasteiger partial charge is 0.343 e. The van der Waals surface area contributed by atoms with Crippen LogP contribution in [-0.4, -0.2) is 35.5 Å². The average molecular weight is 204 g/mol. The number of anilines is 2. The van der Waals surface area contributed by atoms with Gasteiger partial charge in [0.25, 0.3) is 5.91 Å². The van der Waals surface area contributed by atoms with Crippen molar-refractivity contribution in [3.63, 3.8) is 0 Å². The Bertz CT molecular complexity index is 441. The molecular weight excluding hydrogens is 192 g/mol. The second-order valence-corrected chi connectivity index (χ2v) is 4.19. The summed E-state index contributed by atoms with van der Waals surface area (Å²) in [7, 11) is 3.72. The molecule has 5 heteroatoms. The first-order valence-corrected chi connectivity index (χ1v) is 4.99. The lowest BCUT2D eigenvalue weighted by Crippen LogP contribution is -2.53. The molecule has 1 aliphatic carbocycles. The van der Waals surface area contributed by atoms with Crippen molar-refractivity contribution in [2.45, 2.75) is 18.4 Å². The summed E-state index contributed by atoms with van der Waals surface area (Å²) in [6.45, 7) is 0. The molecule has 5 nitrogen and oxygen atoms in total. The summed E-state index contributed by atoms with van der Waals surface area (Å²) in [5.41, 5.74) is 0.485. The van der Waals surface area contributed by atoms with Crippen LogP contribution in [0, 0.1) is 0 Å². The molecule has 1 spiro atoms. The lowest BCUT2D eigenvalue weighted by atomic mass is 10.1. The summed E-state index contributed by atoms with van der Waals surface area (Å²) in [6.07, 6.45) is 5.06. The first kappa shape index (κ1) is 8.64. The van der Waals surface area contributed by atoms with Crippen LogP contribution in [0.15, 0.2) is 12.5 Å². The van der Waals surface area contributed by atoms with E-state index in [9.17, 15) is 4.79 Å². The Labute approximate surface area is 87.7 Å². The van der Waals surface area contributed by atoms with Gasteiger partial charge >= 0.3 is 0 Å². The van der Waals surface area contributed by atoms with Crippen molar-refractivity contribution in [2.75, 3.05) is 23.9 Å². The van der Waals surface area contributed by atoms with Gasteiger partial charge in [0.05, 0.1) is 6.20 Å². The van der Waals surface area contributed by atoms with Crippen LogP contribution in [0.25, 0.3) is 0 Å². The van der Waals surface area contributed by atoms with Gasteiger partial charge in [-0.2, -0.15) is 0 Å². The summed E-state index contributed by atoms with van der Waals surface area (Å²) in [4.78, 5) is 24.0. The fourth-order valence-corrected chi connectivity index (χ4v) is 2.25. The van der Waals surface area contributed by atoms with Crippen molar-refractivity contribution in [1.29, 1.82) is 0 Å². The van der Waals surface area contributed by atoms with E-state index >= 15 is 0 Å². The zero-order chi connectivity index (χ0) is 10.6. The van der Waals surface area contributed by atoms with Crippen LogP contribution < -0.4 is 9.80 Å². The zero-order valence-corrected chi connectivity index (χ0v) is 8.77. The smallest absolute Gasteiger partial charge is 0.252 e. The van der Waals surface area contributed by atoms with E-state index in [0.29, 0.717) is 0 Å². The Morgan fingerprint density at radius 2 is 2.13 bits per heavy atom. The fourth-order valence-electron chi connectivity index (χ4n) is 2.25. The van der Waals surface area contributed by atoms with Crippen LogP contribution in [0.1, 0.15) is 12.8 Å². The summed E-state index contributed by atoms with van der Waals surface area (Å²) < 4.78 is 0. The quantitative estimate of drug-likeness (QED) is 0.614. The number of rotatable bonds is 0. The molecule has 1 aliphatic heterocycles. The minimum Gasteiger partial charge on any atom is -0.343 e. The Morgan fingerprint density at radius 1 is 1.40 bits per heavy atom. The van der Waals surface area contributed by atoms with E-state index in [1.807, 2.05) is 11.9 Å². The SMILES string of the molecule is CN1C(=O)C2(CC2)N(C)c2ncncc21. The number of carbonyl (C=O) groups is 1. The van der Waals surface area contributed by atoms with Crippen LogP contribution in [-0.2, 0) is 4.79 Å². The van der Waals surface area contributed by atoms with E-state index in [4.69, 9.17) is 0 Å². The molecule has 0 saturated heterocycles. The Kier molecular flexibility index (Phi) is 1.43. The molecule has 1 aromatic heterocycles. The zero-order valence-electron chi connectivity index (χ0n) is 8.77. The second-order valence-electron chi connectivity index (χ2n) is 4.19. The summed E-state index contributed by atoms with van der Waals surface area (Å²) in [6, 6.07) is 0. The topological polar surface area (TPSA) is 49.3 Å². The number of hydrogen-bond acceptors (Lipinski definition) is 4. The average Bonchev–Trinajstić information content (AvgIpc) is 3.06. The number of amides is 1. The maximum Gasteiger partial charge on any atom is 0.252 e. The van der Waals surface area contributed by atoms with E-state index in [0.717, 1.165) is 24.3 Å². The van der Waals surface area contributed by atoms with Gasteiger partial charge in [-0.1, -0.05) is 0 Å². The molecule has 2 heterocycles. The van der Waals surface area contributed by atoms with Gasteiger partial charge < -0.3 is 9.80 Å². The van der Waals surface area contributed by atoms with Crippen molar-refractivity contribution in [3.8, 4) is 0 Å². The molecule has 0 atom stereocenters. The van der Waals surface area contributed by atoms with Crippen molar-refractivity contribution in [2.24, 2.45) is 0 Å². The highest BCUT2D eigenvalue weighted by molar-refractivity contribution is 6.09. The molecule has 1 aromatic rings. The van der Waals surface area contributed by atoms with Crippen molar-refractivity contribution >= 4 is 17.4 Å². The molecule has 15 heavy (non-hydrogen) atoms. The molecule has 2 aliphatic rings. The molecule has 0 radical (unpaired) electrons. The Morgan fingerprint density at radius 3 is 2.80 bits per heavy atom. The van der Waals surface area contributed by atoms with Crippen LogP contribution in [0.5, 0.6) is 0 Å². The van der Waals surface area contributed by atoms with Gasteiger partial charge in [-0.3, -0.25) is 4.79 Å². The van der Waals surface area contributed by atoms with Gasteiger partial charge in [-0.25, -0.2) is 9.97 Å². The third kappa shape index (κ3) is 0.900. The Balaban J connectivity index is 2.19. The maximum absolute atomic E-state index is 12.1. The molecule has 0 aromatic carbocycles. The molecule has 3 rings (SSSR count). The van der Waals surface area contributed by atoms with Crippen LogP contribution in [0.2, 0.25) is 0 Å². The van der Waals surface area contributed by atoms with Crippen LogP contribution in [0.3, 0.4) is 0 Å². The number of likely N-dealkylation sites (N-methyl/N-ethyl adjacent to an activating group) is 2. The van der Waals surface area contributed by atoms with Gasteiger partial charge in [-0.05, 0) is 12.8 Å². The summed E-state index contributed by atoms with van der Waals surface area (Å²) in [5, 5.41) is 0. The summed E-state index contributed by atoms with van der Waals surface area (Å²) in [5.74, 6) is 1.01. The molecule has 1 saturated carbocycles. The van der Waals surface area contributed by atoms with Gasteiger partial charge in [0.2, 0.25) is 0 Å². The van der Waals surface area contributed by atoms with E-state index in [2.05, 4.69) is 9.97 Å². The number of aromatic nitrogens is 2. The van der Waals surface area contributed by atoms with Gasteiger partial charge in [0, 0.05) is 14.1 Å².